The smallest absolute Gasteiger partial charge is 0.350 e. The Labute approximate surface area is 233 Å². The monoisotopic (exact) mass is 552 g/mol. The van der Waals surface area contributed by atoms with Gasteiger partial charge in [-0.15, -0.1) is 0 Å². The molecule has 2 aromatic heterocycles. The number of benzene rings is 3. The molecule has 8 nitrogen and oxygen atoms in total. The van der Waals surface area contributed by atoms with Crippen molar-refractivity contribution in [2.24, 2.45) is 0 Å². The first-order valence-corrected chi connectivity index (χ1v) is 13.6. The summed E-state index contributed by atoms with van der Waals surface area (Å²) in [5, 5.41) is 0.647. The largest absolute Gasteiger partial charge is 0.462 e. The summed E-state index contributed by atoms with van der Waals surface area (Å²) in [5.74, 6) is 0.102. The van der Waals surface area contributed by atoms with E-state index in [0.29, 0.717) is 38.6 Å². The molecule has 0 bridgehead atoms. The summed E-state index contributed by atoms with van der Waals surface area (Å²) in [4.78, 5) is 46.7. The molecular formula is C31H24N2O6S. The van der Waals surface area contributed by atoms with Crippen LogP contribution in [0.3, 0.4) is 0 Å². The Morgan fingerprint density at radius 1 is 1.00 bits per heavy atom. The minimum Gasteiger partial charge on any atom is -0.462 e. The fourth-order valence-electron chi connectivity index (χ4n) is 4.84. The van der Waals surface area contributed by atoms with Crippen LogP contribution >= 0.6 is 11.3 Å². The molecule has 0 saturated carbocycles. The number of rotatable bonds is 6. The molecule has 0 saturated heterocycles. The van der Waals surface area contributed by atoms with E-state index >= 15 is 0 Å². The van der Waals surface area contributed by atoms with Crippen LogP contribution in [0.25, 0.3) is 11.0 Å². The highest BCUT2D eigenvalue weighted by atomic mass is 32.1. The van der Waals surface area contributed by atoms with Crippen LogP contribution in [0, 0.1) is 13.8 Å². The molecule has 9 heteroatoms. The molecule has 1 atom stereocenters. The van der Waals surface area contributed by atoms with Gasteiger partial charge in [0.05, 0.1) is 29.3 Å². The topological polar surface area (TPSA) is 98.9 Å². The summed E-state index contributed by atoms with van der Waals surface area (Å²) in [6.07, 6.45) is 0. The van der Waals surface area contributed by atoms with Gasteiger partial charge in [0.2, 0.25) is 5.76 Å². The first-order valence-electron chi connectivity index (χ1n) is 12.7. The molecule has 5 aromatic rings. The maximum absolute atomic E-state index is 14.0. The Balaban J connectivity index is 1.54. The highest BCUT2D eigenvalue weighted by Crippen LogP contribution is 2.44. The fraction of sp³-hybridized carbons (Fsp3) is 0.161. The van der Waals surface area contributed by atoms with Crippen LogP contribution in [0.4, 0.5) is 5.13 Å². The van der Waals surface area contributed by atoms with E-state index in [1.807, 2.05) is 49.4 Å². The Morgan fingerprint density at radius 2 is 1.77 bits per heavy atom. The molecule has 200 valence electrons. The average Bonchev–Trinajstić information content (AvgIpc) is 3.47. The van der Waals surface area contributed by atoms with E-state index < -0.39 is 17.9 Å². The molecule has 0 radical (unpaired) electrons. The maximum atomic E-state index is 14.0. The number of anilines is 1. The molecular weight excluding hydrogens is 528 g/mol. The molecule has 1 aliphatic heterocycles. The highest BCUT2D eigenvalue weighted by Gasteiger charge is 2.45. The van der Waals surface area contributed by atoms with Gasteiger partial charge in [-0.25, -0.2) is 9.78 Å². The number of thiazole rings is 1. The Hall–Kier alpha value is -4.76. The third-order valence-corrected chi connectivity index (χ3v) is 7.77. The number of ether oxygens (including phenoxy) is 2. The highest BCUT2D eigenvalue weighted by molar-refractivity contribution is 7.17. The van der Waals surface area contributed by atoms with Crippen LogP contribution in [0.1, 0.15) is 55.6 Å². The molecule has 40 heavy (non-hydrogen) atoms. The van der Waals surface area contributed by atoms with E-state index in [2.05, 4.69) is 4.98 Å². The van der Waals surface area contributed by atoms with Crippen LogP contribution in [0.15, 0.2) is 82.0 Å². The molecule has 1 unspecified atom stereocenters. The summed E-state index contributed by atoms with van der Waals surface area (Å²) in [6, 6.07) is 21.0. The first kappa shape index (κ1) is 25.5. The quantitative estimate of drug-likeness (QED) is 0.219. The Kier molecular flexibility index (Phi) is 6.43. The minimum atomic E-state index is -0.858. The van der Waals surface area contributed by atoms with Gasteiger partial charge in [0.25, 0.3) is 5.91 Å². The van der Waals surface area contributed by atoms with Gasteiger partial charge < -0.3 is 13.9 Å². The van der Waals surface area contributed by atoms with Crippen LogP contribution in [-0.2, 0) is 4.74 Å². The predicted octanol–water partition coefficient (Wildman–Crippen LogP) is 6.59. The van der Waals surface area contributed by atoms with Gasteiger partial charge in [-0.3, -0.25) is 14.5 Å². The predicted molar refractivity (Wildman–Crippen MR) is 152 cm³/mol. The van der Waals surface area contributed by atoms with E-state index in [0.717, 1.165) is 16.9 Å². The summed E-state index contributed by atoms with van der Waals surface area (Å²) >= 11 is 1.04. The van der Waals surface area contributed by atoms with Gasteiger partial charge in [0, 0.05) is 0 Å². The third-order valence-electron chi connectivity index (χ3n) is 6.63. The lowest BCUT2D eigenvalue weighted by Crippen LogP contribution is -2.29. The number of aryl methyl sites for hydroxylation is 2. The second-order valence-electron chi connectivity index (χ2n) is 9.37. The number of amides is 1. The van der Waals surface area contributed by atoms with Gasteiger partial charge in [-0.2, -0.15) is 0 Å². The standard InChI is InChI=1S/C31H24N2O6S/c1-4-37-30(36)28-18(3)32-31(40-28)33-25(19-9-8-12-21(16-19)38-20-10-6-5-7-11-20)24-26(34)22-15-17(2)13-14-23(22)39-27(24)29(33)35/h5-16,25H,4H2,1-3H3. The number of esters is 1. The summed E-state index contributed by atoms with van der Waals surface area (Å²) in [6.45, 7) is 5.51. The number of aromatic nitrogens is 1. The molecule has 1 aliphatic rings. The second kappa shape index (κ2) is 10.1. The summed E-state index contributed by atoms with van der Waals surface area (Å²) in [5.41, 5.74) is 2.20. The number of fused-ring (bicyclic) bond motifs is 2. The Bertz CT molecular complexity index is 1840. The van der Waals surface area contributed by atoms with E-state index in [1.54, 1.807) is 44.2 Å². The lowest BCUT2D eigenvalue weighted by Gasteiger charge is -2.23. The van der Waals surface area contributed by atoms with Crippen molar-refractivity contribution < 1.29 is 23.5 Å². The number of hydrogen-bond acceptors (Lipinski definition) is 8. The van der Waals surface area contributed by atoms with Crippen molar-refractivity contribution in [3.05, 3.63) is 116 Å². The first-order chi connectivity index (χ1) is 19.4. The summed E-state index contributed by atoms with van der Waals surface area (Å²) in [7, 11) is 0. The normalized spacial score (nSPS) is 14.4. The lowest BCUT2D eigenvalue weighted by molar-refractivity contribution is 0.0531. The zero-order valence-corrected chi connectivity index (χ0v) is 22.8. The van der Waals surface area contributed by atoms with Crippen molar-refractivity contribution in [1.82, 2.24) is 4.98 Å². The Morgan fingerprint density at radius 3 is 2.55 bits per heavy atom. The number of nitrogens with zero attached hydrogens (tertiary/aromatic N) is 2. The zero-order chi connectivity index (χ0) is 28.0. The summed E-state index contributed by atoms with van der Waals surface area (Å²) < 4.78 is 17.3. The molecule has 0 aliphatic carbocycles. The number of hydrogen-bond donors (Lipinski definition) is 0. The van der Waals surface area contributed by atoms with Crippen molar-refractivity contribution in [3.8, 4) is 11.5 Å². The molecule has 3 heterocycles. The van der Waals surface area contributed by atoms with Crippen molar-refractivity contribution in [2.45, 2.75) is 26.8 Å². The van der Waals surface area contributed by atoms with Crippen LogP contribution in [0.5, 0.6) is 11.5 Å². The molecule has 0 spiro atoms. The van der Waals surface area contributed by atoms with Crippen molar-refractivity contribution >= 4 is 39.3 Å². The zero-order valence-electron chi connectivity index (χ0n) is 22.0. The van der Waals surface area contributed by atoms with Crippen LogP contribution < -0.4 is 15.1 Å². The van der Waals surface area contributed by atoms with E-state index in [-0.39, 0.29) is 28.5 Å². The molecule has 6 rings (SSSR count). The average molecular weight is 553 g/mol. The fourth-order valence-corrected chi connectivity index (χ4v) is 5.83. The molecule has 3 aromatic carbocycles. The number of para-hydroxylation sites is 1. The molecule has 0 N–H and O–H groups in total. The van der Waals surface area contributed by atoms with E-state index in [9.17, 15) is 14.4 Å². The second-order valence-corrected chi connectivity index (χ2v) is 10.3. The maximum Gasteiger partial charge on any atom is 0.350 e. The van der Waals surface area contributed by atoms with Gasteiger partial charge in [-0.1, -0.05) is 53.3 Å². The number of carbonyl (C=O) groups is 2. The van der Waals surface area contributed by atoms with Crippen LogP contribution in [-0.4, -0.2) is 23.5 Å². The van der Waals surface area contributed by atoms with Gasteiger partial charge in [0.1, 0.15) is 22.0 Å². The van der Waals surface area contributed by atoms with Gasteiger partial charge >= 0.3 is 5.97 Å². The van der Waals surface area contributed by atoms with Gasteiger partial charge in [-0.05, 0) is 62.7 Å². The van der Waals surface area contributed by atoms with E-state index in [4.69, 9.17) is 13.9 Å². The van der Waals surface area contributed by atoms with Crippen molar-refractivity contribution in [3.63, 3.8) is 0 Å². The third kappa shape index (κ3) is 4.34. The van der Waals surface area contributed by atoms with Gasteiger partial charge in [0.15, 0.2) is 10.6 Å². The van der Waals surface area contributed by atoms with Crippen molar-refractivity contribution in [1.29, 1.82) is 0 Å². The lowest BCUT2D eigenvalue weighted by atomic mass is 9.98. The van der Waals surface area contributed by atoms with E-state index in [1.165, 1.54) is 4.90 Å². The number of carbonyl (C=O) groups excluding carboxylic acids is 2. The molecule has 0 fully saturated rings. The molecule has 1 amide bonds. The van der Waals surface area contributed by atoms with Crippen LogP contribution in [0.2, 0.25) is 0 Å². The SMILES string of the molecule is CCOC(=O)c1sc(N2C(=O)c3oc4ccc(C)cc4c(=O)c3C2c2cccc(Oc3ccccc3)c2)nc1C. The van der Waals surface area contributed by atoms with Crippen molar-refractivity contribution in [2.75, 3.05) is 11.5 Å². The minimum absolute atomic E-state index is 0.0497.